The summed E-state index contributed by atoms with van der Waals surface area (Å²) in [5, 5.41) is 20.1. The van der Waals surface area contributed by atoms with E-state index in [0.717, 1.165) is 5.56 Å². The fourth-order valence-electron chi connectivity index (χ4n) is 2.02. The Balaban J connectivity index is 2.40. The van der Waals surface area contributed by atoms with Gasteiger partial charge < -0.3 is 19.7 Å². The summed E-state index contributed by atoms with van der Waals surface area (Å²) in [5.41, 5.74) is 0.597. The average molecular weight is 300 g/mol. The standard InChI is InChI=1S/C17H16O5/c1-21-14-10-13(19)15(16(20)17(14)22-2)12(18)9-8-11-6-4-3-5-7-11/h3-10,19-20H,1-2H3/b9-8-. The van der Waals surface area contributed by atoms with Gasteiger partial charge in [0.2, 0.25) is 5.75 Å². The van der Waals surface area contributed by atoms with Crippen LogP contribution in [0.15, 0.2) is 42.5 Å². The van der Waals surface area contributed by atoms with Crippen molar-refractivity contribution in [1.29, 1.82) is 0 Å². The van der Waals surface area contributed by atoms with Crippen LogP contribution >= 0.6 is 0 Å². The van der Waals surface area contributed by atoms with Gasteiger partial charge in [-0.1, -0.05) is 36.4 Å². The molecule has 0 bridgehead atoms. The van der Waals surface area contributed by atoms with E-state index in [4.69, 9.17) is 9.47 Å². The Hall–Kier alpha value is -2.95. The molecule has 0 aliphatic rings. The van der Waals surface area contributed by atoms with Crippen LogP contribution in [0.1, 0.15) is 15.9 Å². The summed E-state index contributed by atoms with van der Waals surface area (Å²) >= 11 is 0. The first-order valence-electron chi connectivity index (χ1n) is 6.52. The largest absolute Gasteiger partial charge is 0.507 e. The lowest BCUT2D eigenvalue weighted by Crippen LogP contribution is -2.00. The van der Waals surface area contributed by atoms with E-state index in [0.29, 0.717) is 0 Å². The minimum absolute atomic E-state index is 0.00300. The van der Waals surface area contributed by atoms with Crippen molar-refractivity contribution >= 4 is 11.9 Å². The molecule has 22 heavy (non-hydrogen) atoms. The van der Waals surface area contributed by atoms with Crippen molar-refractivity contribution in [3.63, 3.8) is 0 Å². The maximum absolute atomic E-state index is 12.2. The van der Waals surface area contributed by atoms with Crippen molar-refractivity contribution < 1.29 is 24.5 Å². The van der Waals surface area contributed by atoms with Crippen LogP contribution in [0.3, 0.4) is 0 Å². The number of rotatable bonds is 5. The Bertz CT molecular complexity index is 705. The van der Waals surface area contributed by atoms with E-state index in [9.17, 15) is 15.0 Å². The number of phenols is 2. The van der Waals surface area contributed by atoms with Gasteiger partial charge in [-0.3, -0.25) is 4.79 Å². The number of aromatic hydroxyl groups is 2. The highest BCUT2D eigenvalue weighted by Gasteiger charge is 2.22. The number of ether oxygens (including phenoxy) is 2. The lowest BCUT2D eigenvalue weighted by Gasteiger charge is -2.13. The second-order valence-electron chi connectivity index (χ2n) is 4.46. The van der Waals surface area contributed by atoms with E-state index >= 15 is 0 Å². The van der Waals surface area contributed by atoms with Crippen molar-refractivity contribution in [2.75, 3.05) is 14.2 Å². The predicted molar refractivity (Wildman–Crippen MR) is 82.7 cm³/mol. The van der Waals surface area contributed by atoms with Gasteiger partial charge in [-0.05, 0) is 11.6 Å². The van der Waals surface area contributed by atoms with Crippen LogP contribution in [0.5, 0.6) is 23.0 Å². The molecule has 2 aromatic carbocycles. The summed E-state index contributed by atoms with van der Waals surface area (Å²) in [6.45, 7) is 0. The number of carbonyl (C=O) groups excluding carboxylic acids is 1. The Morgan fingerprint density at radius 3 is 2.36 bits per heavy atom. The molecule has 0 saturated carbocycles. The molecule has 0 aliphatic heterocycles. The molecule has 5 heteroatoms. The zero-order valence-corrected chi connectivity index (χ0v) is 12.2. The van der Waals surface area contributed by atoms with Gasteiger partial charge in [0.15, 0.2) is 17.3 Å². The van der Waals surface area contributed by atoms with Gasteiger partial charge in [-0.2, -0.15) is 0 Å². The van der Waals surface area contributed by atoms with Crippen LogP contribution in [-0.2, 0) is 0 Å². The first-order chi connectivity index (χ1) is 10.6. The van der Waals surface area contributed by atoms with E-state index in [1.807, 2.05) is 30.3 Å². The van der Waals surface area contributed by atoms with Gasteiger partial charge in [0, 0.05) is 6.07 Å². The molecule has 0 spiro atoms. The molecule has 0 atom stereocenters. The number of carbonyl (C=O) groups is 1. The maximum atomic E-state index is 12.2. The summed E-state index contributed by atoms with van der Waals surface area (Å²) < 4.78 is 10.0. The zero-order valence-electron chi connectivity index (χ0n) is 12.2. The van der Waals surface area contributed by atoms with Gasteiger partial charge in [0.05, 0.1) is 14.2 Å². The Labute approximate surface area is 128 Å². The summed E-state index contributed by atoms with van der Waals surface area (Å²) in [6, 6.07) is 10.4. The second-order valence-corrected chi connectivity index (χ2v) is 4.46. The predicted octanol–water partition coefficient (Wildman–Crippen LogP) is 3.01. The second kappa shape index (κ2) is 6.67. The highest BCUT2D eigenvalue weighted by atomic mass is 16.5. The molecular formula is C17H16O5. The van der Waals surface area contributed by atoms with Gasteiger partial charge in [-0.15, -0.1) is 0 Å². The summed E-state index contributed by atoms with van der Waals surface area (Å²) in [5.74, 6) is -1.24. The monoisotopic (exact) mass is 300 g/mol. The highest BCUT2D eigenvalue weighted by molar-refractivity contribution is 6.11. The quantitative estimate of drug-likeness (QED) is 0.655. The molecular weight excluding hydrogens is 284 g/mol. The summed E-state index contributed by atoms with van der Waals surface area (Å²) in [4.78, 5) is 12.2. The smallest absolute Gasteiger partial charge is 0.204 e. The van der Waals surface area contributed by atoms with Crippen molar-refractivity contribution in [3.8, 4) is 23.0 Å². The molecule has 0 fully saturated rings. The van der Waals surface area contributed by atoms with Crippen LogP contribution in [-0.4, -0.2) is 30.2 Å². The first kappa shape index (κ1) is 15.4. The Kier molecular flexibility index (Phi) is 4.68. The van der Waals surface area contributed by atoms with Gasteiger partial charge in [0.1, 0.15) is 11.3 Å². The van der Waals surface area contributed by atoms with E-state index in [-0.39, 0.29) is 22.8 Å². The molecule has 2 rings (SSSR count). The third kappa shape index (κ3) is 3.03. The molecule has 0 amide bonds. The average Bonchev–Trinajstić information content (AvgIpc) is 2.53. The topological polar surface area (TPSA) is 76.0 Å². The Morgan fingerprint density at radius 1 is 1.09 bits per heavy atom. The fourth-order valence-corrected chi connectivity index (χ4v) is 2.02. The Morgan fingerprint density at radius 2 is 1.77 bits per heavy atom. The number of allylic oxidation sites excluding steroid dienone is 1. The first-order valence-corrected chi connectivity index (χ1v) is 6.52. The third-order valence-electron chi connectivity index (χ3n) is 3.10. The number of hydrogen-bond donors (Lipinski definition) is 2. The van der Waals surface area contributed by atoms with E-state index in [1.165, 1.54) is 26.4 Å². The van der Waals surface area contributed by atoms with Gasteiger partial charge in [-0.25, -0.2) is 0 Å². The minimum atomic E-state index is -0.542. The summed E-state index contributed by atoms with van der Waals surface area (Å²) in [7, 11) is 2.70. The van der Waals surface area contributed by atoms with Gasteiger partial charge >= 0.3 is 0 Å². The minimum Gasteiger partial charge on any atom is -0.507 e. The van der Waals surface area contributed by atoms with Crippen LogP contribution in [0.25, 0.3) is 6.08 Å². The van der Waals surface area contributed by atoms with Crippen molar-refractivity contribution in [2.24, 2.45) is 0 Å². The lowest BCUT2D eigenvalue weighted by atomic mass is 10.1. The molecule has 2 aromatic rings. The van der Waals surface area contributed by atoms with Crippen LogP contribution in [0.2, 0.25) is 0 Å². The maximum Gasteiger partial charge on any atom is 0.204 e. The fraction of sp³-hybridized carbons (Fsp3) is 0.118. The van der Waals surface area contributed by atoms with E-state index < -0.39 is 11.5 Å². The molecule has 114 valence electrons. The van der Waals surface area contributed by atoms with Crippen LogP contribution in [0, 0.1) is 0 Å². The molecule has 0 unspecified atom stereocenters. The molecule has 0 radical (unpaired) electrons. The number of phenolic OH excluding ortho intramolecular Hbond substituents is 2. The van der Waals surface area contributed by atoms with Crippen LogP contribution in [0.4, 0.5) is 0 Å². The van der Waals surface area contributed by atoms with Crippen LogP contribution < -0.4 is 9.47 Å². The number of ketones is 1. The summed E-state index contributed by atoms with van der Waals surface area (Å²) in [6.07, 6.45) is 2.87. The molecule has 0 saturated heterocycles. The number of methoxy groups -OCH3 is 2. The SMILES string of the molecule is COc1cc(O)c(C(=O)/C=C\c2ccccc2)c(O)c1OC. The number of benzene rings is 2. The molecule has 0 aliphatic carbocycles. The number of hydrogen-bond acceptors (Lipinski definition) is 5. The highest BCUT2D eigenvalue weighted by Crippen LogP contribution is 2.44. The normalized spacial score (nSPS) is 10.6. The van der Waals surface area contributed by atoms with E-state index in [2.05, 4.69) is 0 Å². The third-order valence-corrected chi connectivity index (χ3v) is 3.10. The van der Waals surface area contributed by atoms with E-state index in [1.54, 1.807) is 6.08 Å². The van der Waals surface area contributed by atoms with Gasteiger partial charge in [0.25, 0.3) is 0 Å². The van der Waals surface area contributed by atoms with Crippen molar-refractivity contribution in [1.82, 2.24) is 0 Å². The molecule has 2 N–H and O–H groups in total. The molecule has 5 nitrogen and oxygen atoms in total. The van der Waals surface area contributed by atoms with Crippen molar-refractivity contribution in [3.05, 3.63) is 53.6 Å². The zero-order chi connectivity index (χ0) is 16.1. The van der Waals surface area contributed by atoms with Crippen molar-refractivity contribution in [2.45, 2.75) is 0 Å². The lowest BCUT2D eigenvalue weighted by molar-refractivity contribution is 0.104. The molecule has 0 aromatic heterocycles. The molecule has 0 heterocycles.